The lowest BCUT2D eigenvalue weighted by molar-refractivity contribution is 0.198. The summed E-state index contributed by atoms with van der Waals surface area (Å²) < 4.78 is 12.0. The summed E-state index contributed by atoms with van der Waals surface area (Å²) in [7, 11) is 0. The van der Waals surface area contributed by atoms with Gasteiger partial charge in [0.05, 0.1) is 5.83 Å². The van der Waals surface area contributed by atoms with E-state index >= 15 is 0 Å². The van der Waals surface area contributed by atoms with E-state index in [9.17, 15) is 9.18 Å². The van der Waals surface area contributed by atoms with Crippen molar-refractivity contribution in [1.82, 2.24) is 5.32 Å². The molecule has 0 aliphatic carbocycles. The molecule has 0 rings (SSSR count). The van der Waals surface area contributed by atoms with Crippen molar-refractivity contribution in [3.8, 4) is 0 Å². The molecule has 0 saturated carbocycles. The number of amides is 1. The van der Waals surface area contributed by atoms with Crippen LogP contribution < -0.4 is 5.32 Å². The van der Waals surface area contributed by atoms with Crippen molar-refractivity contribution in [1.29, 1.82) is 0 Å². The Hall–Kier alpha value is -1.58. The topological polar surface area (TPSA) is 49.3 Å². The fourth-order valence-corrected chi connectivity index (χ4v) is 0.427. The van der Waals surface area contributed by atoms with Crippen LogP contribution in [0, 0.1) is 0 Å². The maximum atomic E-state index is 12.0. The van der Waals surface area contributed by atoms with Crippen LogP contribution in [0.5, 0.6) is 0 Å². The number of hydrogen-bond acceptors (Lipinski definition) is 1. The van der Waals surface area contributed by atoms with Gasteiger partial charge in [-0.25, -0.2) is 9.18 Å². The second kappa shape index (κ2) is 6.15. The first-order chi connectivity index (χ1) is 5.63. The molecule has 3 nitrogen and oxygen atoms in total. The van der Waals surface area contributed by atoms with Crippen LogP contribution in [0.1, 0.15) is 6.92 Å². The molecule has 0 aliphatic heterocycles. The monoisotopic (exact) mass is 171 g/mol. The zero-order valence-electron chi connectivity index (χ0n) is 6.62. The Morgan fingerprint density at radius 3 is 2.58 bits per heavy atom. The van der Waals surface area contributed by atoms with Crippen molar-refractivity contribution >= 4 is 6.09 Å². The molecule has 0 aromatic carbocycles. The summed E-state index contributed by atoms with van der Waals surface area (Å²) in [6.45, 7) is 1.32. The maximum Gasteiger partial charge on any atom is 0.408 e. The second-order valence-corrected chi connectivity index (χ2v) is 1.95. The molecule has 0 saturated heterocycles. The van der Waals surface area contributed by atoms with Gasteiger partial charge in [0.15, 0.2) is 0 Å². The van der Waals surface area contributed by atoms with Crippen molar-refractivity contribution in [2.24, 2.45) is 0 Å². The van der Waals surface area contributed by atoms with Gasteiger partial charge >= 0.3 is 6.09 Å². The standard InChI is InChI=1S/C8H10FNO2/c1-7(9)5-3-2-4-6-10-8(11)12/h2-6,10H,1H3,(H,11,12)/b3-2-,6-4+,7-5+. The number of halogens is 1. The molecule has 12 heavy (non-hydrogen) atoms. The molecule has 0 radical (unpaired) electrons. The Kier molecular flexibility index (Phi) is 5.34. The van der Waals surface area contributed by atoms with Crippen LogP contribution >= 0.6 is 0 Å². The van der Waals surface area contributed by atoms with Crippen molar-refractivity contribution in [3.05, 3.63) is 36.3 Å². The lowest BCUT2D eigenvalue weighted by Gasteiger charge is -1.85. The molecule has 0 aromatic rings. The summed E-state index contributed by atoms with van der Waals surface area (Å²) in [5.74, 6) is -0.300. The SMILES string of the molecule is C\C(F)=C/C=C\C=C\NC(=O)O. The maximum absolute atomic E-state index is 12.0. The first-order valence-corrected chi connectivity index (χ1v) is 3.28. The molecule has 66 valence electrons. The number of rotatable bonds is 3. The fourth-order valence-electron chi connectivity index (χ4n) is 0.427. The average Bonchev–Trinajstić information content (AvgIpc) is 1.95. The van der Waals surface area contributed by atoms with E-state index in [2.05, 4.69) is 0 Å². The van der Waals surface area contributed by atoms with E-state index in [1.165, 1.54) is 37.4 Å². The molecule has 0 unspecified atom stereocenters. The Bertz CT molecular complexity index is 227. The fraction of sp³-hybridized carbons (Fsp3) is 0.125. The van der Waals surface area contributed by atoms with E-state index in [4.69, 9.17) is 5.11 Å². The van der Waals surface area contributed by atoms with Crippen molar-refractivity contribution in [2.45, 2.75) is 6.92 Å². The number of carboxylic acid groups (broad SMARTS) is 1. The Balaban J connectivity index is 3.67. The van der Waals surface area contributed by atoms with Crippen molar-refractivity contribution in [3.63, 3.8) is 0 Å². The van der Waals surface area contributed by atoms with Gasteiger partial charge in [0, 0.05) is 6.20 Å². The largest absolute Gasteiger partial charge is 0.465 e. The highest BCUT2D eigenvalue weighted by atomic mass is 19.1. The highest BCUT2D eigenvalue weighted by molar-refractivity contribution is 5.65. The third kappa shape index (κ3) is 8.42. The van der Waals surface area contributed by atoms with Gasteiger partial charge < -0.3 is 5.11 Å². The number of hydrogen-bond donors (Lipinski definition) is 2. The zero-order valence-corrected chi connectivity index (χ0v) is 6.62. The summed E-state index contributed by atoms with van der Waals surface area (Å²) in [5, 5.41) is 10.1. The predicted octanol–water partition coefficient (Wildman–Crippen LogP) is 2.20. The molecule has 0 spiro atoms. The summed E-state index contributed by atoms with van der Waals surface area (Å²) in [4.78, 5) is 9.88. The van der Waals surface area contributed by atoms with E-state index < -0.39 is 6.09 Å². The normalized spacial score (nSPS) is 12.7. The van der Waals surface area contributed by atoms with Crippen LogP contribution in [-0.2, 0) is 0 Å². The molecular weight excluding hydrogens is 161 g/mol. The first kappa shape index (κ1) is 10.4. The minimum absolute atomic E-state index is 0.300. The van der Waals surface area contributed by atoms with Gasteiger partial charge in [0.1, 0.15) is 0 Å². The van der Waals surface area contributed by atoms with Gasteiger partial charge in [0.25, 0.3) is 0 Å². The molecular formula is C8H10FNO2. The lowest BCUT2D eigenvalue weighted by Crippen LogP contribution is -2.12. The number of nitrogens with one attached hydrogen (secondary N) is 1. The van der Waals surface area contributed by atoms with E-state index in [0.717, 1.165) is 0 Å². The van der Waals surface area contributed by atoms with Crippen molar-refractivity contribution < 1.29 is 14.3 Å². The highest BCUT2D eigenvalue weighted by Gasteiger charge is 1.82. The van der Waals surface area contributed by atoms with Crippen LogP contribution in [0.3, 0.4) is 0 Å². The third-order valence-corrected chi connectivity index (χ3v) is 0.851. The Morgan fingerprint density at radius 1 is 1.42 bits per heavy atom. The zero-order chi connectivity index (χ0) is 9.40. The second-order valence-electron chi connectivity index (χ2n) is 1.95. The molecule has 0 aromatic heterocycles. The first-order valence-electron chi connectivity index (χ1n) is 3.28. The van der Waals surface area contributed by atoms with Crippen molar-refractivity contribution in [2.75, 3.05) is 0 Å². The van der Waals surface area contributed by atoms with Crippen LogP contribution in [0.25, 0.3) is 0 Å². The quantitative estimate of drug-likeness (QED) is 0.639. The van der Waals surface area contributed by atoms with Crippen LogP contribution in [-0.4, -0.2) is 11.2 Å². The molecule has 0 atom stereocenters. The van der Waals surface area contributed by atoms with Crippen LogP contribution in [0.4, 0.5) is 9.18 Å². The summed E-state index contributed by atoms with van der Waals surface area (Å²) >= 11 is 0. The van der Waals surface area contributed by atoms with E-state index in [1.54, 1.807) is 0 Å². The van der Waals surface area contributed by atoms with Crippen LogP contribution in [0.15, 0.2) is 36.3 Å². The molecule has 0 fully saturated rings. The van der Waals surface area contributed by atoms with Gasteiger partial charge in [-0.2, -0.15) is 0 Å². The number of allylic oxidation sites excluding steroid dienone is 5. The molecule has 4 heteroatoms. The van der Waals surface area contributed by atoms with Gasteiger partial charge in [-0.1, -0.05) is 12.2 Å². The van der Waals surface area contributed by atoms with Gasteiger partial charge in [-0.3, -0.25) is 5.32 Å². The van der Waals surface area contributed by atoms with E-state index in [0.29, 0.717) is 0 Å². The minimum Gasteiger partial charge on any atom is -0.465 e. The Morgan fingerprint density at radius 2 is 2.08 bits per heavy atom. The molecule has 0 heterocycles. The lowest BCUT2D eigenvalue weighted by atomic mass is 10.4. The summed E-state index contributed by atoms with van der Waals surface area (Å²) in [6, 6.07) is 0. The van der Waals surface area contributed by atoms with Gasteiger partial charge in [-0.05, 0) is 19.1 Å². The van der Waals surface area contributed by atoms with E-state index in [-0.39, 0.29) is 5.83 Å². The third-order valence-electron chi connectivity index (χ3n) is 0.851. The summed E-state index contributed by atoms with van der Waals surface area (Å²) in [6.07, 6.45) is 5.81. The molecule has 2 N–H and O–H groups in total. The number of carbonyl (C=O) groups is 1. The van der Waals surface area contributed by atoms with Gasteiger partial charge in [-0.15, -0.1) is 0 Å². The van der Waals surface area contributed by atoms with E-state index in [1.807, 2.05) is 5.32 Å². The smallest absolute Gasteiger partial charge is 0.408 e. The molecule has 0 aliphatic rings. The highest BCUT2D eigenvalue weighted by Crippen LogP contribution is 1.92. The minimum atomic E-state index is -1.13. The van der Waals surface area contributed by atoms with Gasteiger partial charge in [0.2, 0.25) is 0 Å². The summed E-state index contributed by atoms with van der Waals surface area (Å²) in [5.41, 5.74) is 0. The van der Waals surface area contributed by atoms with Crippen LogP contribution in [0.2, 0.25) is 0 Å². The molecule has 0 bridgehead atoms. The Labute approximate surface area is 69.9 Å². The molecule has 1 amide bonds. The predicted molar refractivity (Wildman–Crippen MR) is 44.3 cm³/mol. The average molecular weight is 171 g/mol.